The second kappa shape index (κ2) is 14.6. The molecule has 42 heavy (non-hydrogen) atoms. The summed E-state index contributed by atoms with van der Waals surface area (Å²) in [6.07, 6.45) is -8.00. The smallest absolute Gasteiger partial charge is 0.386 e. The average Bonchev–Trinajstić information content (AvgIpc) is 2.88. The molecular weight excluding hydrogens is 562 g/mol. The van der Waals surface area contributed by atoms with Gasteiger partial charge in [0, 0.05) is 47.7 Å². The van der Waals surface area contributed by atoms with Crippen LogP contribution in [-0.2, 0) is 0 Å². The molecule has 222 valence electrons. The van der Waals surface area contributed by atoms with E-state index >= 15 is 0 Å². The second-order valence-electron chi connectivity index (χ2n) is 8.87. The number of amides is 2. The third-order valence-corrected chi connectivity index (χ3v) is 4.96. The number of hydrogen-bond acceptors (Lipinski definition) is 4. The molecule has 0 aliphatic rings. The van der Waals surface area contributed by atoms with Gasteiger partial charge >= 0.3 is 12.4 Å². The Morgan fingerprint density at radius 2 is 0.738 bits per heavy atom. The lowest BCUT2D eigenvalue weighted by molar-refractivity contribution is -0.111. The fourth-order valence-electron chi connectivity index (χ4n) is 3.17. The molecule has 2 amide bonds. The summed E-state index contributed by atoms with van der Waals surface area (Å²) in [5.74, 6) is -0.391. The highest BCUT2D eigenvalue weighted by Crippen LogP contribution is 2.24. The topological polar surface area (TPSA) is 110 Å². The van der Waals surface area contributed by atoms with Crippen LogP contribution in [0, 0.1) is 0 Å². The van der Waals surface area contributed by atoms with Gasteiger partial charge in [-0.25, -0.2) is 0 Å². The zero-order chi connectivity index (χ0) is 31.5. The predicted molar refractivity (Wildman–Crippen MR) is 153 cm³/mol. The van der Waals surface area contributed by atoms with Gasteiger partial charge in [0.1, 0.15) is 0 Å². The summed E-state index contributed by atoms with van der Waals surface area (Å²) in [4.78, 5) is 24.7. The fraction of sp³-hybridized carbons (Fsp3) is 0.133. The van der Waals surface area contributed by atoms with E-state index in [4.69, 9.17) is 11.5 Å². The molecule has 0 unspecified atom stereocenters. The molecule has 0 atom stereocenters. The predicted octanol–water partition coefficient (Wildman–Crippen LogP) is 8.16. The highest BCUT2D eigenvalue weighted by Gasteiger charge is 2.16. The summed E-state index contributed by atoms with van der Waals surface area (Å²) < 4.78 is 62.1. The Kier molecular flexibility index (Phi) is 11.5. The van der Waals surface area contributed by atoms with Crippen molar-refractivity contribution in [3.63, 3.8) is 0 Å². The number of nitrogens with two attached hydrogens (primary N) is 2. The molecule has 0 saturated heterocycles. The van der Waals surface area contributed by atoms with E-state index in [-0.39, 0.29) is 25.7 Å². The lowest BCUT2D eigenvalue weighted by Crippen LogP contribution is -2.11. The molecule has 0 spiro atoms. The third kappa shape index (κ3) is 13.4. The maximum atomic E-state index is 12.3. The van der Waals surface area contributed by atoms with Crippen molar-refractivity contribution in [1.29, 1.82) is 0 Å². The van der Waals surface area contributed by atoms with Crippen molar-refractivity contribution < 1.29 is 35.9 Å². The van der Waals surface area contributed by atoms with Crippen LogP contribution in [0.3, 0.4) is 0 Å². The Hall–Kier alpha value is -5.00. The minimum Gasteiger partial charge on any atom is -0.399 e. The van der Waals surface area contributed by atoms with E-state index in [2.05, 4.69) is 10.6 Å². The molecule has 0 aliphatic carbocycles. The van der Waals surface area contributed by atoms with Gasteiger partial charge in [-0.3, -0.25) is 9.59 Å². The van der Waals surface area contributed by atoms with Gasteiger partial charge in [-0.2, -0.15) is 26.3 Å². The Morgan fingerprint density at radius 1 is 0.500 bits per heavy atom. The number of benzene rings is 4. The number of carbonyl (C=O) groups is 2. The Balaban J connectivity index is 0.000000533. The van der Waals surface area contributed by atoms with Gasteiger partial charge in [0.05, 0.1) is 0 Å². The van der Waals surface area contributed by atoms with Crippen molar-refractivity contribution >= 4 is 34.6 Å². The minimum atomic E-state index is -4.00. The number of hydrogen-bond donors (Lipinski definition) is 4. The zero-order valence-electron chi connectivity index (χ0n) is 22.5. The average molecular weight is 591 g/mol. The Labute approximate surface area is 238 Å². The van der Waals surface area contributed by atoms with E-state index in [0.717, 1.165) is 11.1 Å². The zero-order valence-corrected chi connectivity index (χ0v) is 22.5. The van der Waals surface area contributed by atoms with E-state index in [1.165, 1.54) is 0 Å². The molecule has 4 aromatic rings. The van der Waals surface area contributed by atoms with Crippen LogP contribution in [0.25, 0.3) is 11.1 Å². The fourth-order valence-corrected chi connectivity index (χ4v) is 3.17. The molecule has 4 rings (SSSR count). The van der Waals surface area contributed by atoms with Gasteiger partial charge in [0.15, 0.2) is 0 Å². The first kappa shape index (κ1) is 33.2. The minimum absolute atomic E-state index is 0.188. The van der Waals surface area contributed by atoms with Crippen molar-refractivity contribution in [1.82, 2.24) is 0 Å². The van der Waals surface area contributed by atoms with E-state index in [1.54, 1.807) is 48.5 Å². The lowest BCUT2D eigenvalue weighted by atomic mass is 10.0. The van der Waals surface area contributed by atoms with E-state index in [9.17, 15) is 35.9 Å². The first-order valence-electron chi connectivity index (χ1n) is 12.2. The Bertz CT molecular complexity index is 1310. The molecule has 12 heteroatoms. The number of carbonyl (C=O) groups excluding carboxylic acids is 2. The van der Waals surface area contributed by atoms with Gasteiger partial charge in [-0.1, -0.05) is 24.3 Å². The van der Waals surface area contributed by atoms with Gasteiger partial charge in [-0.05, 0) is 83.9 Å². The van der Waals surface area contributed by atoms with Crippen LogP contribution < -0.4 is 22.1 Å². The summed E-state index contributed by atoms with van der Waals surface area (Å²) in [7, 11) is 0. The molecule has 6 nitrogen and oxygen atoms in total. The third-order valence-electron chi connectivity index (χ3n) is 4.96. The van der Waals surface area contributed by atoms with E-state index in [1.807, 2.05) is 48.5 Å². The van der Waals surface area contributed by atoms with Gasteiger partial charge < -0.3 is 22.1 Å². The van der Waals surface area contributed by atoms with Crippen LogP contribution in [0.1, 0.15) is 34.6 Å². The number of halogens is 6. The van der Waals surface area contributed by atoms with E-state index in [0.29, 0.717) is 33.9 Å². The van der Waals surface area contributed by atoms with Crippen LogP contribution in [0.15, 0.2) is 97.1 Å². The molecule has 0 aromatic heterocycles. The molecule has 0 radical (unpaired) electrons. The molecule has 0 heterocycles. The molecule has 0 fully saturated rings. The van der Waals surface area contributed by atoms with Crippen LogP contribution >= 0.6 is 0 Å². The summed E-state index contributed by atoms with van der Waals surface area (Å²) in [5, 5.41) is 5.74. The molecular formula is C30H28F6N4O2. The number of nitrogens with one attached hydrogen (secondary N) is 2. The normalized spacial score (nSPS) is 10.8. The monoisotopic (exact) mass is 590 g/mol. The van der Waals surface area contributed by atoms with Crippen molar-refractivity contribution in [2.24, 2.45) is 0 Å². The number of rotatable bonds is 5. The van der Waals surface area contributed by atoms with Crippen LogP contribution in [0.5, 0.6) is 0 Å². The maximum Gasteiger partial charge on any atom is 0.386 e. The standard InChI is InChI=1S/C26H22N4O2.2C2H3F3/c27-21-9-1-19(2-10-21)25(31)29-23-13-5-17(6-14-23)18-7-15-24(16-8-18)30-26(32)20-3-11-22(28)12-4-20;2*1-2(3,4)5/h1-16H,27-28H2,(H,29,31)(H,30,32);2*1H3. The van der Waals surface area contributed by atoms with Gasteiger partial charge in [0.25, 0.3) is 11.8 Å². The molecule has 0 aliphatic heterocycles. The number of anilines is 4. The second-order valence-corrected chi connectivity index (χ2v) is 8.87. The van der Waals surface area contributed by atoms with Gasteiger partial charge in [0.2, 0.25) is 0 Å². The lowest BCUT2D eigenvalue weighted by Gasteiger charge is -2.09. The van der Waals surface area contributed by atoms with Gasteiger partial charge in [-0.15, -0.1) is 0 Å². The summed E-state index contributed by atoms with van der Waals surface area (Å²) >= 11 is 0. The van der Waals surface area contributed by atoms with E-state index < -0.39 is 12.4 Å². The highest BCUT2D eigenvalue weighted by molar-refractivity contribution is 6.05. The summed E-state index contributed by atoms with van der Waals surface area (Å²) in [5.41, 5.74) is 17.0. The molecule has 6 N–H and O–H groups in total. The molecule has 0 saturated carbocycles. The van der Waals surface area contributed by atoms with Crippen molar-refractivity contribution in [2.45, 2.75) is 26.2 Å². The Morgan fingerprint density at radius 3 is 0.976 bits per heavy atom. The molecule has 0 bridgehead atoms. The van der Waals surface area contributed by atoms with Crippen LogP contribution in [0.4, 0.5) is 49.1 Å². The number of alkyl halides is 6. The largest absolute Gasteiger partial charge is 0.399 e. The van der Waals surface area contributed by atoms with Crippen molar-refractivity contribution in [3.05, 3.63) is 108 Å². The van der Waals surface area contributed by atoms with Crippen LogP contribution in [0.2, 0.25) is 0 Å². The quantitative estimate of drug-likeness (QED) is 0.139. The first-order chi connectivity index (χ1) is 19.5. The first-order valence-corrected chi connectivity index (χ1v) is 12.2. The van der Waals surface area contributed by atoms with Crippen LogP contribution in [-0.4, -0.2) is 24.2 Å². The highest BCUT2D eigenvalue weighted by atomic mass is 19.4. The molecule has 4 aromatic carbocycles. The SMILES string of the molecule is CC(F)(F)F.CC(F)(F)F.Nc1ccc(C(=O)Nc2ccc(-c3ccc(NC(=O)c4ccc(N)cc4)cc3)cc2)cc1. The number of nitrogen functional groups attached to an aromatic ring is 2. The van der Waals surface area contributed by atoms with Crippen molar-refractivity contribution in [3.8, 4) is 11.1 Å². The maximum absolute atomic E-state index is 12.3. The van der Waals surface area contributed by atoms with Crippen molar-refractivity contribution in [2.75, 3.05) is 22.1 Å². The summed E-state index contributed by atoms with van der Waals surface area (Å²) in [6.45, 7) is 0.375. The summed E-state index contributed by atoms with van der Waals surface area (Å²) in [6, 6.07) is 28.6.